The molecule has 0 unspecified atom stereocenters. The first-order valence-corrected chi connectivity index (χ1v) is 3.61. The molecular weight excluding hydrogens is 160 g/mol. The monoisotopic (exact) mass is 168 g/mol. The van der Waals surface area contributed by atoms with Crippen molar-refractivity contribution in [2.45, 2.75) is 6.04 Å². The number of rotatable bonds is 2. The van der Waals surface area contributed by atoms with Crippen molar-refractivity contribution in [1.29, 1.82) is 0 Å². The summed E-state index contributed by atoms with van der Waals surface area (Å²) in [5.41, 5.74) is 6.40. The van der Waals surface area contributed by atoms with Crippen molar-refractivity contribution >= 4 is 11.6 Å². The minimum Gasteiger partial charge on any atom is -0.319 e. The fraction of sp³-hybridized carbons (Fsp3) is 0.125. The number of hydrogen-bond acceptors (Lipinski definition) is 2. The van der Waals surface area contributed by atoms with E-state index in [-0.39, 0.29) is 6.04 Å². The molecule has 2 nitrogen and oxygen atoms in total. The van der Waals surface area contributed by atoms with Gasteiger partial charge in [0.25, 0.3) is 0 Å². The second kappa shape index (κ2) is 3.51. The fourth-order valence-electron chi connectivity index (χ4n) is 0.705. The van der Waals surface area contributed by atoms with Gasteiger partial charge in [0.2, 0.25) is 0 Å². The molecule has 3 heteroatoms. The van der Waals surface area contributed by atoms with Crippen LogP contribution in [0.3, 0.4) is 0 Å². The Morgan fingerprint density at radius 3 is 2.82 bits per heavy atom. The van der Waals surface area contributed by atoms with Crippen LogP contribution in [0.4, 0.5) is 0 Å². The summed E-state index contributed by atoms with van der Waals surface area (Å²) >= 11 is 5.63. The van der Waals surface area contributed by atoms with Crippen molar-refractivity contribution < 1.29 is 0 Å². The van der Waals surface area contributed by atoms with Gasteiger partial charge in [0.05, 0.1) is 16.8 Å². The van der Waals surface area contributed by atoms with Crippen LogP contribution in [0.15, 0.2) is 31.0 Å². The maximum atomic E-state index is 5.63. The highest BCUT2D eigenvalue weighted by atomic mass is 35.5. The van der Waals surface area contributed by atoms with E-state index in [9.17, 15) is 0 Å². The van der Waals surface area contributed by atoms with Gasteiger partial charge < -0.3 is 5.73 Å². The van der Waals surface area contributed by atoms with Gasteiger partial charge in [-0.3, -0.25) is 4.98 Å². The van der Waals surface area contributed by atoms with Gasteiger partial charge in [-0.1, -0.05) is 17.7 Å². The predicted molar refractivity (Wildman–Crippen MR) is 46.4 cm³/mol. The van der Waals surface area contributed by atoms with Crippen molar-refractivity contribution in [1.82, 2.24) is 4.98 Å². The molecule has 58 valence electrons. The molecule has 0 aliphatic rings. The zero-order valence-electron chi connectivity index (χ0n) is 6.00. The molecule has 0 radical (unpaired) electrons. The molecule has 0 saturated heterocycles. The molecule has 0 aliphatic carbocycles. The third-order valence-electron chi connectivity index (χ3n) is 1.35. The number of nitrogens with zero attached hydrogens (tertiary/aromatic N) is 1. The zero-order valence-corrected chi connectivity index (χ0v) is 6.75. The molecule has 0 bridgehead atoms. The number of pyridine rings is 1. The van der Waals surface area contributed by atoms with Crippen LogP contribution in [-0.4, -0.2) is 4.98 Å². The number of nitrogens with two attached hydrogens (primary N) is 1. The Balaban J connectivity index is 2.89. The summed E-state index contributed by atoms with van der Waals surface area (Å²) in [6, 6.07) is 3.34. The summed E-state index contributed by atoms with van der Waals surface area (Å²) in [7, 11) is 0. The summed E-state index contributed by atoms with van der Waals surface area (Å²) in [4.78, 5) is 4.02. The summed E-state index contributed by atoms with van der Waals surface area (Å²) in [6.07, 6.45) is 3.20. The molecule has 1 aromatic rings. The van der Waals surface area contributed by atoms with Crippen LogP contribution < -0.4 is 5.73 Å². The molecule has 0 aromatic carbocycles. The Bertz CT molecular complexity index is 243. The standard InChI is InChI=1S/C8H9ClN2/c1-2-7(10)8-4-3-6(9)5-11-8/h2-5,7H,1,10H2/t7-/m0/s1. The SMILES string of the molecule is C=C[C@H](N)c1ccc(Cl)cn1. The Morgan fingerprint density at radius 1 is 1.64 bits per heavy atom. The molecule has 1 rings (SSSR count). The van der Waals surface area contributed by atoms with Crippen LogP contribution in [-0.2, 0) is 0 Å². The van der Waals surface area contributed by atoms with Crippen molar-refractivity contribution in [2.75, 3.05) is 0 Å². The molecule has 11 heavy (non-hydrogen) atoms. The third kappa shape index (κ3) is 2.03. The van der Waals surface area contributed by atoms with Crippen molar-refractivity contribution in [3.63, 3.8) is 0 Å². The van der Waals surface area contributed by atoms with Gasteiger partial charge in [0.1, 0.15) is 0 Å². The maximum Gasteiger partial charge on any atom is 0.0653 e. The summed E-state index contributed by atoms with van der Waals surface area (Å²) in [5, 5.41) is 0.616. The van der Waals surface area contributed by atoms with Crippen LogP contribution in [0.5, 0.6) is 0 Å². The topological polar surface area (TPSA) is 38.9 Å². The highest BCUT2D eigenvalue weighted by Gasteiger charge is 2.00. The predicted octanol–water partition coefficient (Wildman–Crippen LogP) is 1.92. The molecule has 0 fully saturated rings. The van der Waals surface area contributed by atoms with Gasteiger partial charge in [0, 0.05) is 6.20 Å². The van der Waals surface area contributed by atoms with E-state index < -0.39 is 0 Å². The minimum absolute atomic E-state index is 0.202. The minimum atomic E-state index is -0.202. The Morgan fingerprint density at radius 2 is 2.36 bits per heavy atom. The van der Waals surface area contributed by atoms with Crippen molar-refractivity contribution in [3.05, 3.63) is 41.7 Å². The van der Waals surface area contributed by atoms with Crippen molar-refractivity contribution in [2.24, 2.45) is 5.73 Å². The second-order valence-electron chi connectivity index (χ2n) is 2.16. The molecule has 0 aliphatic heterocycles. The number of hydrogen-bond donors (Lipinski definition) is 1. The zero-order chi connectivity index (χ0) is 8.27. The number of aromatic nitrogens is 1. The highest BCUT2D eigenvalue weighted by Crippen LogP contribution is 2.11. The second-order valence-corrected chi connectivity index (χ2v) is 2.60. The van der Waals surface area contributed by atoms with E-state index in [0.29, 0.717) is 5.02 Å². The molecule has 1 aromatic heterocycles. The quantitative estimate of drug-likeness (QED) is 0.686. The third-order valence-corrected chi connectivity index (χ3v) is 1.57. The van der Waals surface area contributed by atoms with Gasteiger partial charge in [-0.25, -0.2) is 0 Å². The molecule has 0 saturated carbocycles. The van der Waals surface area contributed by atoms with Crippen molar-refractivity contribution in [3.8, 4) is 0 Å². The van der Waals surface area contributed by atoms with Crippen LogP contribution >= 0.6 is 11.6 Å². The van der Waals surface area contributed by atoms with E-state index in [1.165, 1.54) is 0 Å². The smallest absolute Gasteiger partial charge is 0.0653 e. The summed E-state index contributed by atoms with van der Waals surface area (Å²) in [6.45, 7) is 3.56. The van der Waals surface area contributed by atoms with Crippen LogP contribution in [0.2, 0.25) is 5.02 Å². The van der Waals surface area contributed by atoms with Gasteiger partial charge in [-0.2, -0.15) is 0 Å². The van der Waals surface area contributed by atoms with E-state index in [0.717, 1.165) is 5.69 Å². The molecule has 0 amide bonds. The normalized spacial score (nSPS) is 12.5. The highest BCUT2D eigenvalue weighted by molar-refractivity contribution is 6.30. The van der Waals surface area contributed by atoms with Crippen LogP contribution in [0.25, 0.3) is 0 Å². The first kappa shape index (κ1) is 8.24. The van der Waals surface area contributed by atoms with Crippen LogP contribution in [0.1, 0.15) is 11.7 Å². The fourth-order valence-corrected chi connectivity index (χ4v) is 0.817. The van der Waals surface area contributed by atoms with Gasteiger partial charge in [-0.05, 0) is 12.1 Å². The summed E-state index contributed by atoms with van der Waals surface area (Å²) < 4.78 is 0. The van der Waals surface area contributed by atoms with E-state index in [2.05, 4.69) is 11.6 Å². The van der Waals surface area contributed by atoms with E-state index in [1.54, 1.807) is 24.4 Å². The Labute approximate surface area is 70.7 Å². The Hall–Kier alpha value is -0.860. The maximum absolute atomic E-state index is 5.63. The summed E-state index contributed by atoms with van der Waals surface area (Å²) in [5.74, 6) is 0. The van der Waals surface area contributed by atoms with E-state index >= 15 is 0 Å². The lowest BCUT2D eigenvalue weighted by Crippen LogP contribution is -2.07. The van der Waals surface area contributed by atoms with Gasteiger partial charge in [0.15, 0.2) is 0 Å². The molecular formula is C8H9ClN2. The largest absolute Gasteiger partial charge is 0.319 e. The average molecular weight is 169 g/mol. The molecule has 2 N–H and O–H groups in total. The molecule has 1 atom stereocenters. The van der Waals surface area contributed by atoms with E-state index in [4.69, 9.17) is 17.3 Å². The average Bonchev–Trinajstić information content (AvgIpc) is 2.05. The first-order chi connectivity index (χ1) is 5.24. The lowest BCUT2D eigenvalue weighted by Gasteiger charge is -2.03. The first-order valence-electron chi connectivity index (χ1n) is 3.23. The van der Waals surface area contributed by atoms with Crippen LogP contribution in [0, 0.1) is 0 Å². The molecule has 1 heterocycles. The lowest BCUT2D eigenvalue weighted by atomic mass is 10.2. The van der Waals surface area contributed by atoms with Gasteiger partial charge >= 0.3 is 0 Å². The number of halogens is 1. The Kier molecular flexibility index (Phi) is 2.63. The van der Waals surface area contributed by atoms with E-state index in [1.807, 2.05) is 0 Å². The molecule has 0 spiro atoms. The lowest BCUT2D eigenvalue weighted by molar-refractivity contribution is 0.864. The van der Waals surface area contributed by atoms with Gasteiger partial charge in [-0.15, -0.1) is 6.58 Å².